The van der Waals surface area contributed by atoms with Crippen LogP contribution in [0, 0.1) is 0 Å². The second kappa shape index (κ2) is 6.01. The molecule has 0 radical (unpaired) electrons. The number of phenolic OH excluding ortho intramolecular Hbond substituents is 1. The third kappa shape index (κ3) is 4.11. The van der Waals surface area contributed by atoms with Crippen molar-refractivity contribution in [2.75, 3.05) is 6.54 Å². The number of rotatable bonds is 3. The molecule has 0 aliphatic carbocycles. The van der Waals surface area contributed by atoms with Gasteiger partial charge in [0.2, 0.25) is 0 Å². The molecule has 0 aliphatic heterocycles. The summed E-state index contributed by atoms with van der Waals surface area (Å²) in [6.07, 6.45) is 4.82. The van der Waals surface area contributed by atoms with E-state index >= 15 is 0 Å². The molecular weight excluding hydrogens is 246 g/mol. The highest BCUT2D eigenvalue weighted by Gasteiger charge is 2.24. The quantitative estimate of drug-likeness (QED) is 0.861. The summed E-state index contributed by atoms with van der Waals surface area (Å²) < 4.78 is 0. The highest BCUT2D eigenvalue weighted by molar-refractivity contribution is 5.62. The molecular formula is C18H29NO. The molecule has 0 aliphatic rings. The molecule has 0 atom stereocenters. The Morgan fingerprint density at radius 3 is 2.10 bits per heavy atom. The molecule has 2 heteroatoms. The van der Waals surface area contributed by atoms with Crippen LogP contribution in [0.4, 0.5) is 0 Å². The fourth-order valence-electron chi connectivity index (χ4n) is 2.10. The average Bonchev–Trinajstić information content (AvgIpc) is 2.28. The van der Waals surface area contributed by atoms with Gasteiger partial charge in [-0.2, -0.15) is 0 Å². The van der Waals surface area contributed by atoms with Gasteiger partial charge in [0.05, 0.1) is 0 Å². The van der Waals surface area contributed by atoms with Crippen LogP contribution in [0.15, 0.2) is 18.2 Å². The van der Waals surface area contributed by atoms with Gasteiger partial charge in [-0.3, -0.25) is 0 Å². The molecule has 0 heterocycles. The van der Waals surface area contributed by atoms with Gasteiger partial charge in [-0.25, -0.2) is 0 Å². The van der Waals surface area contributed by atoms with Crippen LogP contribution in [0.5, 0.6) is 5.75 Å². The molecule has 0 spiro atoms. The predicted molar refractivity (Wildman–Crippen MR) is 88.2 cm³/mol. The van der Waals surface area contributed by atoms with Gasteiger partial charge in [0, 0.05) is 11.1 Å². The average molecular weight is 275 g/mol. The van der Waals surface area contributed by atoms with Gasteiger partial charge in [0.25, 0.3) is 0 Å². The van der Waals surface area contributed by atoms with Gasteiger partial charge in [-0.15, -0.1) is 0 Å². The summed E-state index contributed by atoms with van der Waals surface area (Å²) in [7, 11) is 0. The molecule has 0 unspecified atom stereocenters. The zero-order valence-corrected chi connectivity index (χ0v) is 13.7. The van der Waals surface area contributed by atoms with Crippen molar-refractivity contribution < 1.29 is 5.11 Å². The molecule has 0 aromatic heterocycles. The fourth-order valence-corrected chi connectivity index (χ4v) is 2.10. The van der Waals surface area contributed by atoms with E-state index in [0.717, 1.165) is 17.5 Å². The molecule has 1 aromatic carbocycles. The highest BCUT2D eigenvalue weighted by atomic mass is 16.3. The molecule has 2 nitrogen and oxygen atoms in total. The van der Waals surface area contributed by atoms with Crippen LogP contribution in [0.1, 0.15) is 64.7 Å². The Kier molecular flexibility index (Phi) is 5.04. The van der Waals surface area contributed by atoms with Crippen molar-refractivity contribution in [1.82, 2.24) is 0 Å². The van der Waals surface area contributed by atoms with Crippen LogP contribution < -0.4 is 5.73 Å². The summed E-state index contributed by atoms with van der Waals surface area (Å²) in [4.78, 5) is 0. The molecule has 3 N–H and O–H groups in total. The van der Waals surface area contributed by atoms with Crippen LogP contribution in [0.2, 0.25) is 0 Å². The van der Waals surface area contributed by atoms with Crippen molar-refractivity contribution in [3.63, 3.8) is 0 Å². The third-order valence-corrected chi connectivity index (χ3v) is 3.44. The third-order valence-electron chi connectivity index (χ3n) is 3.44. The zero-order valence-electron chi connectivity index (χ0n) is 13.7. The lowest BCUT2D eigenvalue weighted by molar-refractivity contribution is 0.443. The molecule has 0 saturated heterocycles. The molecule has 112 valence electrons. The Hall–Kier alpha value is -1.28. The summed E-state index contributed by atoms with van der Waals surface area (Å²) in [5.74, 6) is 0.388. The lowest BCUT2D eigenvalue weighted by atomic mass is 9.79. The van der Waals surface area contributed by atoms with Gasteiger partial charge in [0.1, 0.15) is 5.75 Å². The summed E-state index contributed by atoms with van der Waals surface area (Å²) in [5.41, 5.74) is 8.62. The van der Waals surface area contributed by atoms with Crippen LogP contribution in [-0.4, -0.2) is 11.7 Å². The van der Waals surface area contributed by atoms with E-state index in [1.54, 1.807) is 0 Å². The molecule has 0 amide bonds. The van der Waals surface area contributed by atoms with Crippen molar-refractivity contribution in [2.24, 2.45) is 5.73 Å². The van der Waals surface area contributed by atoms with Crippen LogP contribution in [0.25, 0.3) is 6.08 Å². The van der Waals surface area contributed by atoms with E-state index in [1.807, 2.05) is 12.2 Å². The Morgan fingerprint density at radius 2 is 1.65 bits per heavy atom. The minimum Gasteiger partial charge on any atom is -0.507 e. The minimum absolute atomic E-state index is 0.0597. The van der Waals surface area contributed by atoms with Gasteiger partial charge < -0.3 is 10.8 Å². The van der Waals surface area contributed by atoms with Crippen molar-refractivity contribution in [1.29, 1.82) is 0 Å². The SMILES string of the molecule is CC(C)(C)c1cc(C=CCCN)c(O)c(C(C)(C)C)c1. The van der Waals surface area contributed by atoms with Crippen molar-refractivity contribution >= 4 is 6.08 Å². The largest absolute Gasteiger partial charge is 0.507 e. The van der Waals surface area contributed by atoms with Crippen molar-refractivity contribution in [3.05, 3.63) is 34.9 Å². The Morgan fingerprint density at radius 1 is 1.05 bits per heavy atom. The summed E-state index contributed by atoms with van der Waals surface area (Å²) >= 11 is 0. The number of phenols is 1. The minimum atomic E-state index is -0.0815. The number of hydrogen-bond donors (Lipinski definition) is 2. The lowest BCUT2D eigenvalue weighted by Crippen LogP contribution is -2.17. The van der Waals surface area contributed by atoms with Crippen LogP contribution in [0.3, 0.4) is 0 Å². The Balaban J connectivity index is 3.43. The second-order valence-electron chi connectivity index (χ2n) is 7.44. The Bertz CT molecular complexity index is 487. The van der Waals surface area contributed by atoms with E-state index < -0.39 is 0 Å². The molecule has 1 rings (SSSR count). The number of nitrogens with two attached hydrogens (primary N) is 1. The number of benzene rings is 1. The normalized spacial score (nSPS) is 13.2. The van der Waals surface area contributed by atoms with Crippen molar-refractivity contribution in [2.45, 2.75) is 58.8 Å². The standard InChI is InChI=1S/C18H29NO/c1-17(2,3)14-11-13(9-7-8-10-19)16(20)15(12-14)18(4,5)6/h7,9,11-12,20H,8,10,19H2,1-6H3. The molecule has 0 fully saturated rings. The first-order valence-electron chi connectivity index (χ1n) is 7.32. The maximum absolute atomic E-state index is 10.5. The predicted octanol–water partition coefficient (Wildman–Crippen LogP) is 4.35. The van der Waals surface area contributed by atoms with Crippen molar-refractivity contribution in [3.8, 4) is 5.75 Å². The second-order valence-corrected chi connectivity index (χ2v) is 7.44. The first kappa shape index (κ1) is 16.8. The van der Waals surface area contributed by atoms with Gasteiger partial charge in [0.15, 0.2) is 0 Å². The molecule has 0 saturated carbocycles. The summed E-state index contributed by atoms with van der Waals surface area (Å²) in [6, 6.07) is 4.22. The van der Waals surface area contributed by atoms with E-state index in [0.29, 0.717) is 12.3 Å². The van der Waals surface area contributed by atoms with E-state index in [2.05, 4.69) is 53.7 Å². The fraction of sp³-hybridized carbons (Fsp3) is 0.556. The number of aromatic hydroxyl groups is 1. The zero-order chi connectivity index (χ0) is 15.6. The summed E-state index contributed by atoms with van der Waals surface area (Å²) in [5, 5.41) is 10.5. The van der Waals surface area contributed by atoms with E-state index in [-0.39, 0.29) is 10.8 Å². The van der Waals surface area contributed by atoms with Gasteiger partial charge in [-0.05, 0) is 35.4 Å². The number of hydrogen-bond acceptors (Lipinski definition) is 2. The highest BCUT2D eigenvalue weighted by Crippen LogP contribution is 2.38. The molecule has 0 bridgehead atoms. The molecule has 20 heavy (non-hydrogen) atoms. The topological polar surface area (TPSA) is 46.2 Å². The maximum atomic E-state index is 10.5. The summed E-state index contributed by atoms with van der Waals surface area (Å²) in [6.45, 7) is 13.6. The Labute approximate surface area is 123 Å². The van der Waals surface area contributed by atoms with Gasteiger partial charge >= 0.3 is 0 Å². The first-order valence-corrected chi connectivity index (χ1v) is 7.32. The van der Waals surface area contributed by atoms with Crippen LogP contribution in [-0.2, 0) is 10.8 Å². The van der Waals surface area contributed by atoms with Gasteiger partial charge in [-0.1, -0.05) is 59.8 Å². The van der Waals surface area contributed by atoms with E-state index in [9.17, 15) is 5.11 Å². The van der Waals surface area contributed by atoms with E-state index in [4.69, 9.17) is 5.73 Å². The monoisotopic (exact) mass is 275 g/mol. The van der Waals surface area contributed by atoms with E-state index in [1.165, 1.54) is 5.56 Å². The van der Waals surface area contributed by atoms with Crippen LogP contribution >= 0.6 is 0 Å². The maximum Gasteiger partial charge on any atom is 0.126 e. The first-order chi connectivity index (χ1) is 9.07. The molecule has 1 aromatic rings. The smallest absolute Gasteiger partial charge is 0.126 e. The lowest BCUT2D eigenvalue weighted by Gasteiger charge is -2.27.